The zero-order chi connectivity index (χ0) is 25.3. The van der Waals surface area contributed by atoms with E-state index in [1.165, 1.54) is 28.3 Å². The molecule has 4 aromatic rings. The second-order valence-corrected chi connectivity index (χ2v) is 8.62. The molecule has 8 nitrogen and oxygen atoms in total. The predicted octanol–water partition coefficient (Wildman–Crippen LogP) is 4.68. The molecule has 184 valence electrons. The molecule has 35 heavy (non-hydrogen) atoms. The third kappa shape index (κ3) is 5.38. The van der Waals surface area contributed by atoms with E-state index >= 15 is 0 Å². The molecule has 4 rings (SSSR count). The van der Waals surface area contributed by atoms with Crippen molar-refractivity contribution in [1.29, 1.82) is 0 Å². The van der Waals surface area contributed by atoms with Crippen LogP contribution in [0.25, 0.3) is 11.2 Å². The summed E-state index contributed by atoms with van der Waals surface area (Å²) in [7, 11) is 1.47. The topological polar surface area (TPSA) is 80.3 Å². The minimum absolute atomic E-state index is 0.00908. The Bertz CT molecular complexity index is 1500. The number of imidazole rings is 1. The number of halogens is 5. The van der Waals surface area contributed by atoms with Crippen LogP contribution < -0.4 is 20.7 Å². The number of rotatable bonds is 7. The minimum atomic E-state index is -4.88. The van der Waals surface area contributed by atoms with Gasteiger partial charge in [-0.15, -0.1) is 13.2 Å². The molecule has 0 saturated carbocycles. The lowest BCUT2D eigenvalue weighted by Gasteiger charge is -2.12. The van der Waals surface area contributed by atoms with Crippen LogP contribution in [0.15, 0.2) is 58.1 Å². The van der Waals surface area contributed by atoms with Crippen LogP contribution in [0.3, 0.4) is 0 Å². The molecule has 0 radical (unpaired) electrons. The van der Waals surface area contributed by atoms with Gasteiger partial charge in [-0.3, -0.25) is 18.5 Å². The van der Waals surface area contributed by atoms with E-state index in [4.69, 9.17) is 16.3 Å². The number of fused-ring (bicyclic) bond motifs is 1. The average Bonchev–Trinajstić information content (AvgIpc) is 3.14. The van der Waals surface area contributed by atoms with Gasteiger partial charge < -0.3 is 9.47 Å². The van der Waals surface area contributed by atoms with Gasteiger partial charge in [-0.25, -0.2) is 4.79 Å². The predicted molar refractivity (Wildman–Crippen MR) is 127 cm³/mol. The molecule has 0 N–H and O–H groups in total. The lowest BCUT2D eigenvalue weighted by Crippen LogP contribution is -2.40. The lowest BCUT2D eigenvalue weighted by atomic mass is 10.2. The molecule has 2 heterocycles. The number of alkyl halides is 4. The summed E-state index contributed by atoms with van der Waals surface area (Å²) in [5, 5.41) is 0.887. The van der Waals surface area contributed by atoms with Crippen molar-refractivity contribution in [3.05, 3.63) is 80.0 Å². The highest BCUT2D eigenvalue weighted by atomic mass is 79.9. The number of benzene rings is 2. The molecule has 0 saturated heterocycles. The smallest absolute Gasteiger partial charge is 0.425 e. The van der Waals surface area contributed by atoms with Crippen LogP contribution >= 0.6 is 27.5 Å². The number of nitrogens with zero attached hydrogens (tertiary/aromatic N) is 4. The fourth-order valence-electron chi connectivity index (χ4n) is 3.47. The summed E-state index contributed by atoms with van der Waals surface area (Å²) in [5.41, 5.74) is -0.232. The number of aryl methyl sites for hydroxylation is 1. The largest absolute Gasteiger partial charge is 0.573 e. The van der Waals surface area contributed by atoms with Crippen molar-refractivity contribution >= 4 is 38.7 Å². The molecule has 0 amide bonds. The van der Waals surface area contributed by atoms with Gasteiger partial charge in [0.2, 0.25) is 0 Å². The first-order valence-electron chi connectivity index (χ1n) is 10.1. The van der Waals surface area contributed by atoms with Crippen LogP contribution in [-0.2, 0) is 20.1 Å². The van der Waals surface area contributed by atoms with Gasteiger partial charge in [0, 0.05) is 30.0 Å². The van der Waals surface area contributed by atoms with Gasteiger partial charge >= 0.3 is 18.1 Å². The summed E-state index contributed by atoms with van der Waals surface area (Å²) in [6.07, 6.45) is -4.88. The third-order valence-electron chi connectivity index (χ3n) is 5.01. The maximum absolute atomic E-state index is 13.3. The number of ether oxygens (including phenoxy) is 2. The van der Waals surface area contributed by atoms with Crippen LogP contribution in [0.1, 0.15) is 5.56 Å². The van der Waals surface area contributed by atoms with E-state index in [0.717, 1.165) is 22.3 Å². The zero-order valence-electron chi connectivity index (χ0n) is 18.1. The SMILES string of the molecule is Cn1c(=O)n(CCBr)c(=O)c2c1nc(Oc1cccc(OC(F)(F)F)c1)n2Cc1ccc(Cl)cc1. The molecule has 0 fully saturated rings. The third-order valence-corrected chi connectivity index (χ3v) is 5.61. The van der Waals surface area contributed by atoms with Crippen LogP contribution in [0.4, 0.5) is 13.2 Å². The monoisotopic (exact) mass is 572 g/mol. The Morgan fingerprint density at radius 1 is 1.06 bits per heavy atom. The first kappa shape index (κ1) is 24.9. The quantitative estimate of drug-likeness (QED) is 0.300. The number of hydrogen-bond donors (Lipinski definition) is 0. The number of hydrogen-bond acceptors (Lipinski definition) is 5. The van der Waals surface area contributed by atoms with Gasteiger partial charge in [0.05, 0.1) is 6.54 Å². The molecule has 0 aliphatic rings. The highest BCUT2D eigenvalue weighted by molar-refractivity contribution is 9.09. The molecule has 0 bridgehead atoms. The van der Waals surface area contributed by atoms with Crippen LogP contribution in [0, 0.1) is 0 Å². The van der Waals surface area contributed by atoms with Crippen molar-refractivity contribution < 1.29 is 22.6 Å². The van der Waals surface area contributed by atoms with Gasteiger partial charge in [0.25, 0.3) is 5.56 Å². The summed E-state index contributed by atoms with van der Waals surface area (Å²) in [6.45, 7) is 0.240. The van der Waals surface area contributed by atoms with E-state index in [2.05, 4.69) is 25.7 Å². The van der Waals surface area contributed by atoms with Crippen molar-refractivity contribution in [3.8, 4) is 17.5 Å². The first-order chi connectivity index (χ1) is 16.6. The van der Waals surface area contributed by atoms with Gasteiger partial charge in [-0.05, 0) is 29.8 Å². The molecule has 13 heteroatoms. The highest BCUT2D eigenvalue weighted by Crippen LogP contribution is 2.30. The molecular weight excluding hydrogens is 557 g/mol. The zero-order valence-corrected chi connectivity index (χ0v) is 20.4. The molecule has 0 unspecified atom stereocenters. The average molecular weight is 574 g/mol. The molecule has 2 aromatic carbocycles. The normalized spacial score (nSPS) is 11.7. The van der Waals surface area contributed by atoms with Gasteiger partial charge in [-0.1, -0.05) is 45.7 Å². The van der Waals surface area contributed by atoms with Gasteiger partial charge in [-0.2, -0.15) is 4.98 Å². The minimum Gasteiger partial charge on any atom is -0.425 e. The van der Waals surface area contributed by atoms with E-state index in [1.54, 1.807) is 24.3 Å². The second kappa shape index (κ2) is 9.78. The lowest BCUT2D eigenvalue weighted by molar-refractivity contribution is -0.274. The van der Waals surface area contributed by atoms with Crippen LogP contribution in [-0.4, -0.2) is 30.4 Å². The van der Waals surface area contributed by atoms with Crippen molar-refractivity contribution in [1.82, 2.24) is 18.7 Å². The van der Waals surface area contributed by atoms with Crippen molar-refractivity contribution in [2.45, 2.75) is 19.5 Å². The summed E-state index contributed by atoms with van der Waals surface area (Å²) in [6, 6.07) is 11.6. The maximum atomic E-state index is 13.3. The standard InChI is InChI=1S/C22H17BrClF3N4O4/c1-29-18-17(19(32)30(10-9-23)21(29)33)31(12-13-5-7-14(24)8-6-13)20(28-18)34-15-3-2-4-16(11-15)35-22(25,26)27/h2-8,11H,9-10,12H2,1H3. The van der Waals surface area contributed by atoms with E-state index in [1.807, 2.05) is 0 Å². The van der Waals surface area contributed by atoms with E-state index in [9.17, 15) is 22.8 Å². The van der Waals surface area contributed by atoms with Crippen LogP contribution in [0.5, 0.6) is 17.5 Å². The Kier molecular flexibility index (Phi) is 6.95. The summed E-state index contributed by atoms with van der Waals surface area (Å²) in [5.74, 6) is -0.493. The Morgan fingerprint density at radius 3 is 2.40 bits per heavy atom. The Hall–Kier alpha value is -3.25. The Morgan fingerprint density at radius 2 is 1.74 bits per heavy atom. The van der Waals surface area contributed by atoms with Crippen molar-refractivity contribution in [2.75, 3.05) is 5.33 Å². The fraction of sp³-hybridized carbons (Fsp3) is 0.227. The Balaban J connectivity index is 1.88. The number of aromatic nitrogens is 4. The van der Waals surface area contributed by atoms with Crippen LogP contribution in [0.2, 0.25) is 5.02 Å². The van der Waals surface area contributed by atoms with Crippen molar-refractivity contribution in [3.63, 3.8) is 0 Å². The van der Waals surface area contributed by atoms with Gasteiger partial charge in [0.15, 0.2) is 11.2 Å². The molecule has 0 atom stereocenters. The Labute approximate surface area is 209 Å². The summed E-state index contributed by atoms with van der Waals surface area (Å²) >= 11 is 9.21. The first-order valence-corrected chi connectivity index (χ1v) is 11.6. The van der Waals surface area contributed by atoms with E-state index < -0.39 is 23.4 Å². The fourth-order valence-corrected chi connectivity index (χ4v) is 3.95. The molecule has 2 aromatic heterocycles. The molecule has 0 aliphatic heterocycles. The molecule has 0 aliphatic carbocycles. The maximum Gasteiger partial charge on any atom is 0.573 e. The van der Waals surface area contributed by atoms with E-state index in [0.29, 0.717) is 10.4 Å². The van der Waals surface area contributed by atoms with E-state index in [-0.39, 0.29) is 36.0 Å². The molecule has 0 spiro atoms. The molecular formula is C22H17BrClF3N4O4. The summed E-state index contributed by atoms with van der Waals surface area (Å²) in [4.78, 5) is 30.3. The summed E-state index contributed by atoms with van der Waals surface area (Å²) < 4.78 is 51.4. The van der Waals surface area contributed by atoms with Gasteiger partial charge in [0.1, 0.15) is 11.5 Å². The second-order valence-electron chi connectivity index (χ2n) is 7.39. The van der Waals surface area contributed by atoms with Crippen molar-refractivity contribution in [2.24, 2.45) is 7.05 Å². The highest BCUT2D eigenvalue weighted by Gasteiger charge is 2.31.